The van der Waals surface area contributed by atoms with Crippen molar-refractivity contribution in [2.24, 2.45) is 0 Å². The molecule has 62 valence electrons. The highest BCUT2D eigenvalue weighted by Gasteiger charge is 2.25. The van der Waals surface area contributed by atoms with Crippen LogP contribution in [0.25, 0.3) is 0 Å². The fraction of sp³-hybridized carbons (Fsp3) is 1.00. The molecule has 0 unspecified atom stereocenters. The third-order valence-electron chi connectivity index (χ3n) is 0.537. The smallest absolute Gasteiger partial charge is 0.264 e. The number of hydrogen-bond donors (Lipinski definition) is 2. The van der Waals surface area contributed by atoms with Gasteiger partial charge in [-0.05, 0) is 0 Å². The highest BCUT2D eigenvalue weighted by atomic mass is 32.3. The molecule has 0 aromatic heterocycles. The predicted octanol–water partition coefficient (Wildman–Crippen LogP) is -1.24. The van der Waals surface area contributed by atoms with Gasteiger partial charge < -0.3 is 0 Å². The average Bonchev–Trinajstić information content (AvgIpc) is 2.11. The maximum Gasteiger partial charge on any atom is 0.394 e. The van der Waals surface area contributed by atoms with Gasteiger partial charge in [-0.2, -0.15) is 8.42 Å². The molecule has 1 aliphatic heterocycles. The second kappa shape index (κ2) is 2.82. The second-order valence-corrected chi connectivity index (χ2v) is 4.80. The third-order valence-corrected chi connectivity index (χ3v) is 1.61. The van der Waals surface area contributed by atoms with Gasteiger partial charge in [-0.15, -0.1) is 0 Å². The van der Waals surface area contributed by atoms with Gasteiger partial charge in [0.1, 0.15) is 0 Å². The van der Waals surface area contributed by atoms with Crippen LogP contribution in [-0.4, -0.2) is 37.4 Å². The summed E-state index contributed by atoms with van der Waals surface area (Å²) in [6, 6.07) is 0. The standard InChI is InChI=1S/C2H4O2S.H2O4S/c3-5(4)1-2-5;1-5(2,3)4/h1-2H2;(H2,1,2,3,4). The molecule has 1 rings (SSSR count). The predicted molar refractivity (Wildman–Crippen MR) is 32.8 cm³/mol. The molecule has 1 fully saturated rings. The average molecular weight is 190 g/mol. The van der Waals surface area contributed by atoms with E-state index < -0.39 is 20.2 Å². The molecule has 6 nitrogen and oxygen atoms in total. The number of hydrogen-bond acceptors (Lipinski definition) is 4. The van der Waals surface area contributed by atoms with Crippen LogP contribution in [0.1, 0.15) is 0 Å². The lowest BCUT2D eigenvalue weighted by Gasteiger charge is -1.68. The van der Waals surface area contributed by atoms with E-state index in [0.29, 0.717) is 11.5 Å². The largest absolute Gasteiger partial charge is 0.394 e. The topological polar surface area (TPSA) is 109 Å². The Morgan fingerprint density at radius 1 is 1.10 bits per heavy atom. The van der Waals surface area contributed by atoms with Gasteiger partial charge in [0.2, 0.25) is 0 Å². The molecule has 0 saturated carbocycles. The lowest BCUT2D eigenvalue weighted by Crippen LogP contribution is -1.89. The van der Waals surface area contributed by atoms with E-state index in [1.807, 2.05) is 0 Å². The molecular weight excluding hydrogens is 184 g/mol. The van der Waals surface area contributed by atoms with Crippen LogP contribution < -0.4 is 0 Å². The third kappa shape index (κ3) is 15.7. The molecule has 0 aliphatic carbocycles. The summed E-state index contributed by atoms with van der Waals surface area (Å²) in [5, 5.41) is 0. The van der Waals surface area contributed by atoms with Gasteiger partial charge in [-0.3, -0.25) is 9.11 Å². The lowest BCUT2D eigenvalue weighted by atomic mass is 11.0. The second-order valence-electron chi connectivity index (χ2n) is 1.60. The van der Waals surface area contributed by atoms with Crippen molar-refractivity contribution in [2.45, 2.75) is 0 Å². The van der Waals surface area contributed by atoms with Crippen LogP contribution in [-0.2, 0) is 20.2 Å². The minimum absolute atomic E-state index is 0.424. The first kappa shape index (κ1) is 9.82. The lowest BCUT2D eigenvalue weighted by molar-refractivity contribution is 0.381. The van der Waals surface area contributed by atoms with E-state index in [4.69, 9.17) is 17.5 Å². The Kier molecular flexibility index (Phi) is 2.77. The SMILES string of the molecule is O=S(=O)(O)O.O=S1(=O)CC1. The maximum absolute atomic E-state index is 9.74. The van der Waals surface area contributed by atoms with E-state index in [1.54, 1.807) is 0 Å². The van der Waals surface area contributed by atoms with Crippen LogP contribution in [0.15, 0.2) is 0 Å². The molecule has 10 heavy (non-hydrogen) atoms. The van der Waals surface area contributed by atoms with Crippen molar-refractivity contribution in [1.82, 2.24) is 0 Å². The first-order chi connectivity index (χ1) is 4.21. The van der Waals surface area contributed by atoms with E-state index in [0.717, 1.165) is 0 Å². The van der Waals surface area contributed by atoms with Gasteiger partial charge in [-0.25, -0.2) is 8.42 Å². The first-order valence-corrected chi connectivity index (χ1v) is 5.33. The molecule has 1 saturated heterocycles. The molecule has 0 aromatic carbocycles. The maximum atomic E-state index is 9.74. The van der Waals surface area contributed by atoms with Crippen LogP contribution in [0, 0.1) is 0 Å². The Hall–Kier alpha value is -0.180. The zero-order valence-corrected chi connectivity index (χ0v) is 6.39. The number of sulfone groups is 1. The fourth-order valence-electron chi connectivity index (χ4n) is 0.0680. The van der Waals surface area contributed by atoms with Gasteiger partial charge in [-0.1, -0.05) is 0 Å². The van der Waals surface area contributed by atoms with Gasteiger partial charge >= 0.3 is 10.4 Å². The summed E-state index contributed by atoms with van der Waals surface area (Å²) in [4.78, 5) is 0. The van der Waals surface area contributed by atoms with E-state index in [9.17, 15) is 8.42 Å². The summed E-state index contributed by atoms with van der Waals surface area (Å²) >= 11 is 0. The van der Waals surface area contributed by atoms with E-state index in [1.165, 1.54) is 0 Å². The Morgan fingerprint density at radius 3 is 1.20 bits per heavy atom. The molecule has 1 heterocycles. The van der Waals surface area contributed by atoms with Gasteiger partial charge in [0.25, 0.3) is 0 Å². The summed E-state index contributed by atoms with van der Waals surface area (Å²) in [6.45, 7) is 0. The van der Waals surface area contributed by atoms with Crippen molar-refractivity contribution in [1.29, 1.82) is 0 Å². The minimum atomic E-state index is -4.67. The Labute approximate surface area is 58.4 Å². The normalized spacial score (nSPS) is 20.6. The first-order valence-electron chi connectivity index (χ1n) is 2.11. The van der Waals surface area contributed by atoms with Crippen molar-refractivity contribution in [2.75, 3.05) is 11.5 Å². The summed E-state index contributed by atoms with van der Waals surface area (Å²) < 4.78 is 51.1. The zero-order chi connectivity index (χ0) is 8.41. The summed E-state index contributed by atoms with van der Waals surface area (Å²) in [5.41, 5.74) is 0. The van der Waals surface area contributed by atoms with E-state index in [2.05, 4.69) is 0 Å². The Balaban J connectivity index is 0.000000162. The molecule has 0 radical (unpaired) electrons. The summed E-state index contributed by atoms with van der Waals surface area (Å²) in [5.74, 6) is 0.847. The molecular formula is C2H6O6S2. The van der Waals surface area contributed by atoms with Crippen LogP contribution in [0.2, 0.25) is 0 Å². The van der Waals surface area contributed by atoms with Gasteiger partial charge in [0.15, 0.2) is 9.84 Å². The molecule has 2 N–H and O–H groups in total. The summed E-state index contributed by atoms with van der Waals surface area (Å²) in [7, 11) is -7.08. The van der Waals surface area contributed by atoms with Crippen LogP contribution in [0.3, 0.4) is 0 Å². The van der Waals surface area contributed by atoms with Gasteiger partial charge in [0.05, 0.1) is 11.5 Å². The van der Waals surface area contributed by atoms with E-state index >= 15 is 0 Å². The molecule has 0 aromatic rings. The molecule has 0 spiro atoms. The minimum Gasteiger partial charge on any atom is -0.264 e. The molecule has 0 atom stereocenters. The highest BCUT2D eigenvalue weighted by molar-refractivity contribution is 7.98. The molecule has 0 amide bonds. The van der Waals surface area contributed by atoms with Crippen molar-refractivity contribution in [3.8, 4) is 0 Å². The van der Waals surface area contributed by atoms with E-state index in [-0.39, 0.29) is 0 Å². The molecule has 8 heteroatoms. The van der Waals surface area contributed by atoms with Crippen LogP contribution >= 0.6 is 0 Å². The van der Waals surface area contributed by atoms with Crippen molar-refractivity contribution in [3.05, 3.63) is 0 Å². The Bertz CT molecular complexity index is 252. The van der Waals surface area contributed by atoms with Crippen molar-refractivity contribution < 1.29 is 25.9 Å². The van der Waals surface area contributed by atoms with Crippen molar-refractivity contribution in [3.63, 3.8) is 0 Å². The van der Waals surface area contributed by atoms with Crippen LogP contribution in [0.5, 0.6) is 0 Å². The Morgan fingerprint density at radius 2 is 1.20 bits per heavy atom. The fourth-order valence-corrected chi connectivity index (χ4v) is 0.612. The number of rotatable bonds is 0. The summed E-state index contributed by atoms with van der Waals surface area (Å²) in [6.07, 6.45) is 0. The van der Waals surface area contributed by atoms with Crippen molar-refractivity contribution >= 4 is 20.2 Å². The zero-order valence-electron chi connectivity index (χ0n) is 4.76. The van der Waals surface area contributed by atoms with Gasteiger partial charge in [0, 0.05) is 0 Å². The molecule has 1 aliphatic rings. The monoisotopic (exact) mass is 190 g/mol. The quantitative estimate of drug-likeness (QED) is 0.365. The highest BCUT2D eigenvalue weighted by Crippen LogP contribution is 2.04. The molecule has 0 bridgehead atoms. The van der Waals surface area contributed by atoms with Crippen LogP contribution in [0.4, 0.5) is 0 Å².